The van der Waals surface area contributed by atoms with Crippen LogP contribution in [-0.4, -0.2) is 201 Å². The number of Topliss-reactive ketones (excluding diaryl/α,β-unsaturated/α-hetero) is 4. The fraction of sp³-hybridized carbons (Fsp3) is 0.855. The summed E-state index contributed by atoms with van der Waals surface area (Å²) in [4.78, 5) is 119. The number of amides is 4. The fourth-order valence-electron chi connectivity index (χ4n) is 9.86. The lowest BCUT2D eigenvalue weighted by molar-refractivity contribution is -0.138. The SMILES string of the molecule is CC(=O)[C@H](CCCCNC(=O)COCCOCCNC(=O)COCCOCCCC(=O)CCCCCCCCCCCCC(=O)O)CC(=O)[C@@H](C)CCCCNC(=O)COCCOCCCC(=O)COCCOCCNC(=O)CCCCCCCCCCCCC(=O)O. The zero-order chi connectivity index (χ0) is 68.3. The van der Waals surface area contributed by atoms with Crippen LogP contribution < -0.4 is 21.3 Å². The zero-order valence-electron chi connectivity index (χ0n) is 57.3. The Kier molecular flexibility index (Phi) is 63.7. The first kappa shape index (κ1) is 88.2. The number of unbranched alkanes of at least 4 members (excludes halogenated alkanes) is 20. The summed E-state index contributed by atoms with van der Waals surface area (Å²) in [6.45, 7) is 8.21. The summed E-state index contributed by atoms with van der Waals surface area (Å²) in [6.07, 6.45) is 28.9. The summed E-state index contributed by atoms with van der Waals surface area (Å²) in [5, 5.41) is 28.5. The van der Waals surface area contributed by atoms with Crippen molar-refractivity contribution in [2.24, 2.45) is 11.8 Å². The second-order valence-electron chi connectivity index (χ2n) is 24.1. The minimum atomic E-state index is -0.722. The van der Waals surface area contributed by atoms with E-state index in [1.807, 2.05) is 6.92 Å². The van der Waals surface area contributed by atoms with Crippen LogP contribution in [0.3, 0.4) is 0 Å². The molecule has 0 unspecified atom stereocenters. The van der Waals surface area contributed by atoms with Crippen LogP contribution in [0.2, 0.25) is 0 Å². The predicted molar refractivity (Wildman–Crippen MR) is 354 cm³/mol. The fourth-order valence-corrected chi connectivity index (χ4v) is 9.86. The molecule has 4 amide bonds. The summed E-state index contributed by atoms with van der Waals surface area (Å²) in [5.41, 5.74) is 0. The van der Waals surface area contributed by atoms with Crippen LogP contribution in [-0.2, 0) is 85.8 Å². The van der Waals surface area contributed by atoms with Crippen molar-refractivity contribution < 1.29 is 96.1 Å². The van der Waals surface area contributed by atoms with Gasteiger partial charge in [-0.1, -0.05) is 122 Å². The second kappa shape index (κ2) is 67.2. The van der Waals surface area contributed by atoms with E-state index >= 15 is 0 Å². The molecule has 24 nitrogen and oxygen atoms in total. The monoisotopic (exact) mass is 1330 g/mol. The van der Waals surface area contributed by atoms with E-state index in [-0.39, 0.29) is 157 Å². The van der Waals surface area contributed by atoms with Crippen LogP contribution >= 0.6 is 0 Å². The molecule has 0 aliphatic heterocycles. The molecule has 0 aromatic carbocycles. The van der Waals surface area contributed by atoms with Gasteiger partial charge in [0, 0.05) is 96.2 Å². The lowest BCUT2D eigenvalue weighted by Crippen LogP contribution is -2.31. The zero-order valence-corrected chi connectivity index (χ0v) is 57.3. The van der Waals surface area contributed by atoms with Gasteiger partial charge in [0.1, 0.15) is 43.8 Å². The van der Waals surface area contributed by atoms with Crippen molar-refractivity contribution in [2.75, 3.05) is 132 Å². The molecule has 0 bridgehead atoms. The number of rotatable bonds is 74. The third-order valence-electron chi connectivity index (χ3n) is 15.5. The van der Waals surface area contributed by atoms with Crippen molar-refractivity contribution in [1.29, 1.82) is 0 Å². The first-order valence-corrected chi connectivity index (χ1v) is 35.3. The number of ether oxygens (including phenoxy) is 8. The molecule has 0 spiro atoms. The molecule has 0 aliphatic rings. The molecule has 93 heavy (non-hydrogen) atoms. The van der Waals surface area contributed by atoms with Crippen molar-refractivity contribution in [3.63, 3.8) is 0 Å². The highest BCUT2D eigenvalue weighted by molar-refractivity contribution is 5.87. The molecule has 0 aromatic rings. The first-order valence-electron chi connectivity index (χ1n) is 35.3. The summed E-state index contributed by atoms with van der Waals surface area (Å²) >= 11 is 0. The number of carbonyl (C=O) groups is 10. The maximum Gasteiger partial charge on any atom is 0.303 e. The minimum absolute atomic E-state index is 0.00835. The van der Waals surface area contributed by atoms with Crippen molar-refractivity contribution in [1.82, 2.24) is 21.3 Å². The average molecular weight is 1330 g/mol. The van der Waals surface area contributed by atoms with Gasteiger partial charge in [0.05, 0.1) is 66.1 Å². The van der Waals surface area contributed by atoms with E-state index in [4.69, 9.17) is 48.1 Å². The van der Waals surface area contributed by atoms with Gasteiger partial charge in [0.2, 0.25) is 23.6 Å². The Hall–Kier alpha value is -4.82. The lowest BCUT2D eigenvalue weighted by atomic mass is 9.87. The number of ketones is 4. The highest BCUT2D eigenvalue weighted by Crippen LogP contribution is 2.20. The molecule has 0 rings (SSSR count). The minimum Gasteiger partial charge on any atom is -0.481 e. The smallest absolute Gasteiger partial charge is 0.303 e. The maximum absolute atomic E-state index is 13.0. The Balaban J connectivity index is 3.67. The standard InChI is InChI=1S/C69H124N4O20/c1-58(29-23-25-37-70-65(79)55-91-50-46-87-42-28-33-62(76)54-90-49-47-88-43-39-72-64(78)34-20-16-12-8-4-6-10-14-18-22-36-69(84)85)63(77)53-60(59(2)74)30-24-26-38-71-66(80)56-93-52-48-89-44-40-73-67(81)57-92-51-45-86-41-27-32-61(75)31-19-15-11-7-3-5-9-13-17-21-35-68(82)83/h58,60H,3-57H2,1-2H3,(H,70,79)(H,71,80)(H,72,78)(H,73,81)(H,82,83)(H,84,85)/t58-,60+/m0/s1. The van der Waals surface area contributed by atoms with Gasteiger partial charge < -0.3 is 69.4 Å². The number of nitrogens with one attached hydrogen (secondary N) is 4. The molecule has 0 radical (unpaired) electrons. The first-order chi connectivity index (χ1) is 45.1. The van der Waals surface area contributed by atoms with E-state index in [0.29, 0.717) is 123 Å². The highest BCUT2D eigenvalue weighted by atomic mass is 16.5. The van der Waals surface area contributed by atoms with Gasteiger partial charge in [-0.25, -0.2) is 0 Å². The maximum atomic E-state index is 13.0. The van der Waals surface area contributed by atoms with Gasteiger partial charge in [0.25, 0.3) is 0 Å². The molecule has 0 fully saturated rings. The van der Waals surface area contributed by atoms with Gasteiger partial charge >= 0.3 is 11.9 Å². The van der Waals surface area contributed by atoms with E-state index in [1.54, 1.807) is 0 Å². The number of carboxylic acids is 2. The normalized spacial score (nSPS) is 11.9. The van der Waals surface area contributed by atoms with E-state index in [0.717, 1.165) is 103 Å². The van der Waals surface area contributed by atoms with Gasteiger partial charge in [-0.15, -0.1) is 0 Å². The molecule has 0 aromatic heterocycles. The Morgan fingerprint density at radius 1 is 0.301 bits per heavy atom. The molecule has 0 aliphatic carbocycles. The number of hydrogen-bond donors (Lipinski definition) is 6. The third-order valence-corrected chi connectivity index (χ3v) is 15.5. The molecule has 24 heteroatoms. The lowest BCUT2D eigenvalue weighted by Gasteiger charge is -2.16. The number of carbonyl (C=O) groups excluding carboxylic acids is 8. The molecular weight excluding hydrogens is 1200 g/mol. The van der Waals surface area contributed by atoms with Gasteiger partial charge in [0.15, 0.2) is 5.78 Å². The van der Waals surface area contributed by atoms with E-state index < -0.39 is 11.9 Å². The molecule has 0 heterocycles. The third kappa shape index (κ3) is 67.0. The van der Waals surface area contributed by atoms with E-state index in [1.165, 1.54) is 39.0 Å². The van der Waals surface area contributed by atoms with Crippen molar-refractivity contribution in [3.8, 4) is 0 Å². The Bertz CT molecular complexity index is 1930. The largest absolute Gasteiger partial charge is 0.481 e. The van der Waals surface area contributed by atoms with Crippen LogP contribution in [0.4, 0.5) is 0 Å². The second-order valence-corrected chi connectivity index (χ2v) is 24.1. The van der Waals surface area contributed by atoms with Gasteiger partial charge in [-0.05, 0) is 71.1 Å². The summed E-state index contributed by atoms with van der Waals surface area (Å²) < 4.78 is 43.5. The summed E-state index contributed by atoms with van der Waals surface area (Å²) in [5.74, 6) is -2.60. The Labute approximate surface area is 556 Å². The predicted octanol–water partition coefficient (Wildman–Crippen LogP) is 8.96. The number of carboxylic acid groups (broad SMARTS) is 2. The van der Waals surface area contributed by atoms with Gasteiger partial charge in [-0.3, -0.25) is 47.9 Å². The van der Waals surface area contributed by atoms with Crippen LogP contribution in [0.1, 0.15) is 239 Å². The average Bonchev–Trinajstić information content (AvgIpc) is 3.56. The highest BCUT2D eigenvalue weighted by Gasteiger charge is 2.22. The van der Waals surface area contributed by atoms with Crippen molar-refractivity contribution in [3.05, 3.63) is 0 Å². The van der Waals surface area contributed by atoms with Crippen LogP contribution in [0, 0.1) is 11.8 Å². The van der Waals surface area contributed by atoms with E-state index in [9.17, 15) is 47.9 Å². The molecule has 540 valence electrons. The Morgan fingerprint density at radius 2 is 0.624 bits per heavy atom. The number of aliphatic carboxylic acids is 2. The van der Waals surface area contributed by atoms with Crippen LogP contribution in [0.25, 0.3) is 0 Å². The molecular formula is C69H124N4O20. The topological polar surface area (TPSA) is 333 Å². The van der Waals surface area contributed by atoms with Gasteiger partial charge in [-0.2, -0.15) is 0 Å². The Morgan fingerprint density at radius 3 is 1.04 bits per heavy atom. The molecule has 0 saturated carbocycles. The van der Waals surface area contributed by atoms with Crippen molar-refractivity contribution in [2.45, 2.75) is 239 Å². The quantitative estimate of drug-likeness (QED) is 0.0309. The molecule has 0 saturated heterocycles. The summed E-state index contributed by atoms with van der Waals surface area (Å²) in [6, 6.07) is 0. The molecule has 6 N–H and O–H groups in total. The molecule has 2 atom stereocenters. The van der Waals surface area contributed by atoms with Crippen LogP contribution in [0.15, 0.2) is 0 Å². The number of hydrogen-bond acceptors (Lipinski definition) is 18. The summed E-state index contributed by atoms with van der Waals surface area (Å²) in [7, 11) is 0. The van der Waals surface area contributed by atoms with E-state index in [2.05, 4.69) is 21.3 Å². The van der Waals surface area contributed by atoms with Crippen molar-refractivity contribution >= 4 is 58.7 Å². The van der Waals surface area contributed by atoms with Crippen LogP contribution in [0.5, 0.6) is 0 Å².